The number of alkyl halides is 2. The van der Waals surface area contributed by atoms with Crippen LogP contribution in [0.5, 0.6) is 0 Å². The summed E-state index contributed by atoms with van der Waals surface area (Å²) in [6.45, 7) is 2.43. The average molecular weight is 444 g/mol. The number of hydrogen-bond acceptors (Lipinski definition) is 1. The lowest BCUT2D eigenvalue weighted by Crippen LogP contribution is -2.51. The molecule has 2 aliphatic rings. The zero-order valence-electron chi connectivity index (χ0n) is 18.9. The monoisotopic (exact) mass is 443 g/mol. The molecule has 0 N–H and O–H groups in total. The number of nitrogens with zero attached hydrogens (tertiary/aromatic N) is 1. The van der Waals surface area contributed by atoms with Gasteiger partial charge in [-0.25, -0.2) is 13.2 Å². The zero-order chi connectivity index (χ0) is 22.9. The summed E-state index contributed by atoms with van der Waals surface area (Å²) in [6, 6.07) is 14.1. The molecule has 5 heteroatoms. The van der Waals surface area contributed by atoms with Crippen LogP contribution in [0, 0.1) is 5.82 Å². The van der Waals surface area contributed by atoms with Gasteiger partial charge in [0.2, 0.25) is 0 Å². The Balaban J connectivity index is 1.47. The van der Waals surface area contributed by atoms with E-state index in [9.17, 15) is 18.0 Å². The molecule has 0 bridgehead atoms. The Bertz CT molecular complexity index is 925. The third kappa shape index (κ3) is 4.72. The minimum Gasteiger partial charge on any atom is -0.333 e. The third-order valence-corrected chi connectivity index (χ3v) is 7.56. The van der Waals surface area contributed by atoms with Crippen LogP contribution in [0.15, 0.2) is 48.5 Å². The Kier molecular flexibility index (Phi) is 6.64. The summed E-state index contributed by atoms with van der Waals surface area (Å²) in [5.74, 6) is -3.66. The summed E-state index contributed by atoms with van der Waals surface area (Å²) in [5, 5.41) is 0. The number of benzene rings is 2. The molecule has 4 rings (SSSR count). The lowest BCUT2D eigenvalue weighted by Gasteiger charge is -2.45. The highest BCUT2D eigenvalue weighted by Gasteiger charge is 2.37. The van der Waals surface area contributed by atoms with Gasteiger partial charge in [0.05, 0.1) is 0 Å². The van der Waals surface area contributed by atoms with E-state index in [1.54, 1.807) is 30.3 Å². The van der Waals surface area contributed by atoms with Crippen LogP contribution in [0.1, 0.15) is 92.1 Å². The van der Waals surface area contributed by atoms with Gasteiger partial charge in [0.25, 0.3) is 11.8 Å². The molecule has 0 aliphatic heterocycles. The largest absolute Gasteiger partial charge is 0.333 e. The van der Waals surface area contributed by atoms with Crippen molar-refractivity contribution >= 4 is 5.91 Å². The van der Waals surface area contributed by atoms with Crippen molar-refractivity contribution in [2.75, 3.05) is 0 Å². The molecule has 2 aromatic rings. The van der Waals surface area contributed by atoms with Gasteiger partial charge in [0, 0.05) is 23.6 Å². The molecule has 172 valence electrons. The Labute approximate surface area is 188 Å². The van der Waals surface area contributed by atoms with E-state index in [0.29, 0.717) is 11.1 Å². The summed E-state index contributed by atoms with van der Waals surface area (Å²) in [6.07, 6.45) is 6.60. The molecule has 1 amide bonds. The lowest BCUT2D eigenvalue weighted by molar-refractivity contribution is -0.00222. The zero-order valence-corrected chi connectivity index (χ0v) is 18.9. The van der Waals surface area contributed by atoms with E-state index in [1.807, 2.05) is 17.0 Å². The van der Waals surface area contributed by atoms with E-state index < -0.39 is 11.8 Å². The Morgan fingerprint density at radius 1 is 0.938 bits per heavy atom. The van der Waals surface area contributed by atoms with Gasteiger partial charge in [0.15, 0.2) is 0 Å². The van der Waals surface area contributed by atoms with Gasteiger partial charge < -0.3 is 4.90 Å². The molecule has 2 fully saturated rings. The van der Waals surface area contributed by atoms with Gasteiger partial charge >= 0.3 is 0 Å². The van der Waals surface area contributed by atoms with E-state index in [4.69, 9.17) is 0 Å². The van der Waals surface area contributed by atoms with Gasteiger partial charge in [-0.05, 0) is 87.1 Å². The molecular formula is C27H32F3NO. The van der Waals surface area contributed by atoms with Crippen LogP contribution in [-0.4, -0.2) is 28.8 Å². The molecule has 0 radical (unpaired) electrons. The first-order valence-electron chi connectivity index (χ1n) is 11.8. The summed E-state index contributed by atoms with van der Waals surface area (Å²) >= 11 is 0. The second-order valence-electron chi connectivity index (χ2n) is 9.62. The van der Waals surface area contributed by atoms with Gasteiger partial charge in [-0.1, -0.05) is 37.3 Å². The standard InChI is InChI=1S/C27H32F3NO/c1-18(27(2,29)30)19-10-12-21(13-11-19)26(32)31(22-6-5-7-22)23-16-14-20(15-17-23)24-8-3-4-9-25(24)28/h3-4,8-13,18,20,22-23H,5-7,14-17H2,1-2H3. The molecule has 0 heterocycles. The van der Waals surface area contributed by atoms with E-state index in [0.717, 1.165) is 57.4 Å². The Morgan fingerprint density at radius 3 is 2.06 bits per heavy atom. The molecule has 1 unspecified atom stereocenters. The molecule has 2 saturated carbocycles. The van der Waals surface area contributed by atoms with Crippen LogP contribution in [-0.2, 0) is 0 Å². The van der Waals surface area contributed by atoms with E-state index in [1.165, 1.54) is 13.0 Å². The summed E-state index contributed by atoms with van der Waals surface area (Å²) < 4.78 is 41.6. The van der Waals surface area contributed by atoms with Gasteiger partial charge in [0.1, 0.15) is 5.82 Å². The highest BCUT2D eigenvalue weighted by molar-refractivity contribution is 5.94. The van der Waals surface area contributed by atoms with Gasteiger partial charge in [-0.3, -0.25) is 4.79 Å². The summed E-state index contributed by atoms with van der Waals surface area (Å²) in [7, 11) is 0. The summed E-state index contributed by atoms with van der Waals surface area (Å²) in [5.41, 5.74) is 1.88. The van der Waals surface area contributed by atoms with Crippen molar-refractivity contribution < 1.29 is 18.0 Å². The number of carbonyl (C=O) groups excluding carboxylic acids is 1. The minimum atomic E-state index is -2.81. The van der Waals surface area contributed by atoms with Gasteiger partial charge in [-0.2, -0.15) is 0 Å². The van der Waals surface area contributed by atoms with Crippen LogP contribution < -0.4 is 0 Å². The average Bonchev–Trinajstić information content (AvgIpc) is 2.75. The highest BCUT2D eigenvalue weighted by atomic mass is 19.3. The molecule has 1 atom stereocenters. The van der Waals surface area contributed by atoms with E-state index in [2.05, 4.69) is 0 Å². The van der Waals surface area contributed by atoms with Crippen molar-refractivity contribution in [2.24, 2.45) is 0 Å². The first-order valence-corrected chi connectivity index (χ1v) is 11.8. The van der Waals surface area contributed by atoms with Crippen LogP contribution in [0.3, 0.4) is 0 Å². The van der Waals surface area contributed by atoms with Crippen LogP contribution >= 0.6 is 0 Å². The quantitative estimate of drug-likeness (QED) is 0.458. The maximum atomic E-state index is 14.2. The summed E-state index contributed by atoms with van der Waals surface area (Å²) in [4.78, 5) is 15.5. The van der Waals surface area contributed by atoms with E-state index >= 15 is 0 Å². The molecule has 0 aromatic heterocycles. The highest BCUT2D eigenvalue weighted by Crippen LogP contribution is 2.39. The third-order valence-electron chi connectivity index (χ3n) is 7.56. The minimum absolute atomic E-state index is 0.00787. The fourth-order valence-electron chi connectivity index (χ4n) is 5.12. The topological polar surface area (TPSA) is 20.3 Å². The SMILES string of the molecule is CC(c1ccc(C(=O)N(C2CCC2)C2CCC(c3ccccc3F)CC2)cc1)C(C)(F)F. The van der Waals surface area contributed by atoms with Crippen molar-refractivity contribution in [1.29, 1.82) is 0 Å². The smallest absolute Gasteiger partial charge is 0.254 e. The lowest BCUT2D eigenvalue weighted by atomic mass is 9.79. The predicted molar refractivity (Wildman–Crippen MR) is 121 cm³/mol. The molecule has 0 saturated heterocycles. The molecule has 32 heavy (non-hydrogen) atoms. The van der Waals surface area contributed by atoms with Crippen molar-refractivity contribution in [3.8, 4) is 0 Å². The number of halogens is 3. The fourth-order valence-corrected chi connectivity index (χ4v) is 5.12. The second-order valence-corrected chi connectivity index (χ2v) is 9.62. The second kappa shape index (κ2) is 9.29. The van der Waals surface area contributed by atoms with Crippen LogP contribution in [0.4, 0.5) is 13.2 Å². The van der Waals surface area contributed by atoms with Crippen molar-refractivity contribution in [3.05, 3.63) is 71.0 Å². The Hall–Kier alpha value is -2.30. The molecule has 2 aliphatic carbocycles. The normalized spacial score (nSPS) is 22.8. The van der Waals surface area contributed by atoms with Crippen molar-refractivity contribution in [1.82, 2.24) is 4.90 Å². The number of amides is 1. The first-order chi connectivity index (χ1) is 15.3. The molecule has 2 nitrogen and oxygen atoms in total. The first kappa shape index (κ1) is 22.9. The van der Waals surface area contributed by atoms with Gasteiger partial charge in [-0.15, -0.1) is 0 Å². The van der Waals surface area contributed by atoms with Crippen molar-refractivity contribution in [2.45, 2.75) is 88.6 Å². The number of hydrogen-bond donors (Lipinski definition) is 0. The maximum Gasteiger partial charge on any atom is 0.254 e. The van der Waals surface area contributed by atoms with E-state index in [-0.39, 0.29) is 29.7 Å². The van der Waals surface area contributed by atoms with Crippen LogP contribution in [0.2, 0.25) is 0 Å². The number of rotatable bonds is 6. The maximum absolute atomic E-state index is 14.2. The fraction of sp³-hybridized carbons (Fsp3) is 0.519. The molecule has 0 spiro atoms. The molecule has 2 aromatic carbocycles. The molecular weight excluding hydrogens is 411 g/mol. The number of carbonyl (C=O) groups is 1. The van der Waals surface area contributed by atoms with Crippen molar-refractivity contribution in [3.63, 3.8) is 0 Å². The predicted octanol–water partition coefficient (Wildman–Crippen LogP) is 7.31. The van der Waals surface area contributed by atoms with Crippen LogP contribution in [0.25, 0.3) is 0 Å². The Morgan fingerprint density at radius 2 is 1.53 bits per heavy atom.